The van der Waals surface area contributed by atoms with Crippen molar-refractivity contribution in [3.8, 4) is 5.69 Å². The lowest BCUT2D eigenvalue weighted by molar-refractivity contribution is -0.124. The Morgan fingerprint density at radius 3 is 2.63 bits per heavy atom. The number of benzene rings is 2. The van der Waals surface area contributed by atoms with E-state index in [4.69, 9.17) is 4.74 Å². The van der Waals surface area contributed by atoms with E-state index in [1.165, 1.54) is 17.4 Å². The van der Waals surface area contributed by atoms with Gasteiger partial charge in [-0.15, -0.1) is 11.3 Å². The molecule has 1 amide bonds. The zero-order valence-electron chi connectivity index (χ0n) is 16.1. The first kappa shape index (κ1) is 19.8. The zero-order chi connectivity index (χ0) is 21.1. The van der Waals surface area contributed by atoms with E-state index in [1.54, 1.807) is 28.9 Å². The summed E-state index contributed by atoms with van der Waals surface area (Å²) in [6.45, 7) is 1.46. The second-order valence-corrected chi connectivity index (χ2v) is 7.64. The van der Waals surface area contributed by atoms with Gasteiger partial charge in [-0.25, -0.2) is 13.9 Å². The predicted octanol–water partition coefficient (Wildman–Crippen LogP) is 4.01. The van der Waals surface area contributed by atoms with Crippen LogP contribution in [0.5, 0.6) is 0 Å². The average Bonchev–Trinajstić information content (AvgIpc) is 3.33. The third kappa shape index (κ3) is 4.08. The first-order valence-electron chi connectivity index (χ1n) is 9.25. The van der Waals surface area contributed by atoms with Gasteiger partial charge in [0.1, 0.15) is 15.5 Å². The fraction of sp³-hybridized carbons (Fsp3) is 0.136. The van der Waals surface area contributed by atoms with Gasteiger partial charge in [0.15, 0.2) is 6.61 Å². The number of hydrogen-bond donors (Lipinski definition) is 1. The highest BCUT2D eigenvalue weighted by Gasteiger charge is 2.19. The molecule has 0 spiro atoms. The molecule has 1 N–H and O–H groups in total. The number of halogens is 1. The van der Waals surface area contributed by atoms with Crippen molar-refractivity contribution in [1.82, 2.24) is 15.1 Å². The number of esters is 1. The number of aryl methyl sites for hydroxylation is 1. The number of amides is 1. The zero-order valence-corrected chi connectivity index (χ0v) is 16.9. The average molecular weight is 423 g/mol. The highest BCUT2D eigenvalue weighted by molar-refractivity contribution is 7.20. The SMILES string of the molecule is Cc1nn(-c2ccccc2)c2sc(C(=O)OCC(=O)NCc3ccccc3F)cc12. The highest BCUT2D eigenvalue weighted by atomic mass is 32.1. The molecule has 30 heavy (non-hydrogen) atoms. The van der Waals surface area contributed by atoms with Gasteiger partial charge in [0.25, 0.3) is 5.91 Å². The topological polar surface area (TPSA) is 73.2 Å². The van der Waals surface area contributed by atoms with Crippen molar-refractivity contribution < 1.29 is 18.7 Å². The van der Waals surface area contributed by atoms with E-state index >= 15 is 0 Å². The summed E-state index contributed by atoms with van der Waals surface area (Å²) < 4.78 is 20.5. The number of hydrogen-bond acceptors (Lipinski definition) is 5. The standard InChI is InChI=1S/C22H18FN3O3S/c1-14-17-11-19(30-21(17)26(25-14)16-8-3-2-4-9-16)22(28)29-13-20(27)24-12-15-7-5-6-10-18(15)23/h2-11H,12-13H2,1H3,(H,24,27). The Morgan fingerprint density at radius 2 is 1.87 bits per heavy atom. The number of thiophene rings is 1. The molecule has 0 aliphatic rings. The minimum atomic E-state index is -0.587. The molecule has 2 aromatic carbocycles. The predicted molar refractivity (Wildman–Crippen MR) is 112 cm³/mol. The third-order valence-electron chi connectivity index (χ3n) is 4.51. The van der Waals surface area contributed by atoms with Crippen LogP contribution in [0.15, 0.2) is 60.7 Å². The van der Waals surface area contributed by atoms with Crippen molar-refractivity contribution in [3.05, 3.63) is 82.6 Å². The lowest BCUT2D eigenvalue weighted by atomic mass is 10.2. The molecule has 0 radical (unpaired) electrons. The van der Waals surface area contributed by atoms with Gasteiger partial charge in [0, 0.05) is 17.5 Å². The number of carbonyl (C=O) groups is 2. The van der Waals surface area contributed by atoms with Crippen LogP contribution in [0.25, 0.3) is 15.9 Å². The van der Waals surface area contributed by atoms with Gasteiger partial charge in [0.2, 0.25) is 0 Å². The van der Waals surface area contributed by atoms with E-state index in [-0.39, 0.29) is 6.54 Å². The molecule has 0 bridgehead atoms. The summed E-state index contributed by atoms with van der Waals surface area (Å²) in [6.07, 6.45) is 0. The molecule has 4 rings (SSSR count). The van der Waals surface area contributed by atoms with Crippen LogP contribution in [0.2, 0.25) is 0 Å². The molecular formula is C22H18FN3O3S. The fourth-order valence-electron chi connectivity index (χ4n) is 2.98. The fourth-order valence-corrected chi connectivity index (χ4v) is 4.06. The maximum atomic E-state index is 13.6. The van der Waals surface area contributed by atoms with Crippen molar-refractivity contribution in [2.75, 3.05) is 6.61 Å². The molecule has 0 atom stereocenters. The van der Waals surface area contributed by atoms with Crippen LogP contribution in [0, 0.1) is 12.7 Å². The van der Waals surface area contributed by atoms with Gasteiger partial charge < -0.3 is 10.1 Å². The monoisotopic (exact) mass is 423 g/mol. The number of nitrogens with zero attached hydrogens (tertiary/aromatic N) is 2. The molecule has 0 saturated carbocycles. The van der Waals surface area contributed by atoms with Crippen molar-refractivity contribution in [2.24, 2.45) is 0 Å². The lowest BCUT2D eigenvalue weighted by Crippen LogP contribution is -2.28. The Labute approximate surface area is 175 Å². The molecule has 2 aromatic heterocycles. The molecule has 4 aromatic rings. The second kappa shape index (κ2) is 8.46. The van der Waals surface area contributed by atoms with Crippen molar-refractivity contribution in [1.29, 1.82) is 0 Å². The Morgan fingerprint density at radius 1 is 1.13 bits per heavy atom. The Kier molecular flexibility index (Phi) is 5.58. The minimum absolute atomic E-state index is 0.0258. The molecule has 0 fully saturated rings. The second-order valence-electron chi connectivity index (χ2n) is 6.61. The van der Waals surface area contributed by atoms with E-state index in [2.05, 4.69) is 10.4 Å². The van der Waals surface area contributed by atoms with Crippen molar-refractivity contribution in [3.63, 3.8) is 0 Å². The Bertz CT molecular complexity index is 1220. The molecule has 152 valence electrons. The van der Waals surface area contributed by atoms with Crippen LogP contribution < -0.4 is 5.32 Å². The van der Waals surface area contributed by atoms with Crippen LogP contribution >= 0.6 is 11.3 Å². The van der Waals surface area contributed by atoms with E-state index < -0.39 is 24.3 Å². The molecule has 6 nitrogen and oxygen atoms in total. The molecule has 8 heteroatoms. The summed E-state index contributed by atoms with van der Waals surface area (Å²) >= 11 is 1.26. The number of fused-ring (bicyclic) bond motifs is 1. The van der Waals surface area contributed by atoms with Crippen LogP contribution in [0.3, 0.4) is 0 Å². The number of nitrogens with one attached hydrogen (secondary N) is 1. The van der Waals surface area contributed by atoms with E-state index in [0.29, 0.717) is 10.4 Å². The number of rotatable bonds is 6. The highest BCUT2D eigenvalue weighted by Crippen LogP contribution is 2.30. The van der Waals surface area contributed by atoms with Gasteiger partial charge >= 0.3 is 5.97 Å². The maximum absolute atomic E-state index is 13.6. The maximum Gasteiger partial charge on any atom is 0.348 e. The number of para-hydroxylation sites is 1. The minimum Gasteiger partial charge on any atom is -0.451 e. The van der Waals surface area contributed by atoms with E-state index in [0.717, 1.165) is 21.6 Å². The molecule has 0 aliphatic carbocycles. The van der Waals surface area contributed by atoms with Gasteiger partial charge in [-0.1, -0.05) is 36.4 Å². The number of ether oxygens (including phenoxy) is 1. The molecule has 0 unspecified atom stereocenters. The van der Waals surface area contributed by atoms with E-state index in [1.807, 2.05) is 37.3 Å². The largest absolute Gasteiger partial charge is 0.451 e. The van der Waals surface area contributed by atoms with Crippen molar-refractivity contribution >= 4 is 33.4 Å². The van der Waals surface area contributed by atoms with E-state index in [9.17, 15) is 14.0 Å². The summed E-state index contributed by atoms with van der Waals surface area (Å²) in [5.41, 5.74) is 2.05. The number of aromatic nitrogens is 2. The first-order valence-corrected chi connectivity index (χ1v) is 10.1. The smallest absolute Gasteiger partial charge is 0.348 e. The van der Waals surface area contributed by atoms with Crippen LogP contribution in [-0.2, 0) is 16.1 Å². The van der Waals surface area contributed by atoms with Crippen LogP contribution in [-0.4, -0.2) is 28.3 Å². The molecule has 0 aliphatic heterocycles. The summed E-state index contributed by atoms with van der Waals surface area (Å²) in [7, 11) is 0. The van der Waals surface area contributed by atoms with Gasteiger partial charge in [0.05, 0.1) is 11.4 Å². The normalized spacial score (nSPS) is 10.9. The Hall–Kier alpha value is -3.52. The molecule has 0 saturated heterocycles. The van der Waals surface area contributed by atoms with Crippen LogP contribution in [0.4, 0.5) is 4.39 Å². The third-order valence-corrected chi connectivity index (χ3v) is 5.61. The molecule has 2 heterocycles. The summed E-state index contributed by atoms with van der Waals surface area (Å²) in [6, 6.07) is 17.5. The summed E-state index contributed by atoms with van der Waals surface area (Å²) in [5, 5.41) is 7.94. The molecular weight excluding hydrogens is 405 g/mol. The first-order chi connectivity index (χ1) is 14.5. The lowest BCUT2D eigenvalue weighted by Gasteiger charge is -2.06. The summed E-state index contributed by atoms with van der Waals surface area (Å²) in [5.74, 6) is -1.49. The number of carbonyl (C=O) groups excluding carboxylic acids is 2. The van der Waals surface area contributed by atoms with Crippen LogP contribution in [0.1, 0.15) is 20.9 Å². The Balaban J connectivity index is 1.41. The quantitative estimate of drug-likeness (QED) is 0.476. The summed E-state index contributed by atoms with van der Waals surface area (Å²) in [4.78, 5) is 25.6. The van der Waals surface area contributed by atoms with Gasteiger partial charge in [-0.2, -0.15) is 5.10 Å². The van der Waals surface area contributed by atoms with Crippen molar-refractivity contribution in [2.45, 2.75) is 13.5 Å². The van der Waals surface area contributed by atoms with Gasteiger partial charge in [-0.3, -0.25) is 4.79 Å². The van der Waals surface area contributed by atoms with Gasteiger partial charge in [-0.05, 0) is 31.2 Å².